The van der Waals surface area contributed by atoms with Crippen LogP contribution in [0.3, 0.4) is 0 Å². The minimum Gasteiger partial charge on any atom is -1.00 e. The van der Waals surface area contributed by atoms with E-state index < -0.39 is 11.9 Å². The molecule has 5 heteroatoms. The van der Waals surface area contributed by atoms with Crippen molar-refractivity contribution >= 4 is 35.0 Å². The Morgan fingerprint density at radius 1 is 0.684 bits per heavy atom. The van der Waals surface area contributed by atoms with Crippen LogP contribution in [-0.2, 0) is 9.78 Å². The number of rotatable bonds is 2. The van der Waals surface area contributed by atoms with Crippen molar-refractivity contribution in [2.75, 3.05) is 0 Å². The minimum atomic E-state index is -0.708. The monoisotopic (exact) mass is 268 g/mol. The maximum atomic E-state index is 11.5. The summed E-state index contributed by atoms with van der Waals surface area (Å²) in [4.78, 5) is 31.9. The van der Waals surface area contributed by atoms with E-state index in [1.165, 1.54) is 0 Å². The van der Waals surface area contributed by atoms with Crippen LogP contribution in [0.4, 0.5) is 0 Å². The smallest absolute Gasteiger partial charge is 1.00 e. The summed E-state index contributed by atoms with van der Waals surface area (Å²) in [6.07, 6.45) is 0. The number of carbonyl (C=O) groups excluding carboxylic acids is 2. The van der Waals surface area contributed by atoms with Gasteiger partial charge in [0.2, 0.25) is 0 Å². The fourth-order valence-corrected chi connectivity index (χ4v) is 1.32. The van der Waals surface area contributed by atoms with Crippen molar-refractivity contribution in [3.8, 4) is 0 Å². The fraction of sp³-hybridized carbons (Fsp3) is 0. The predicted molar refractivity (Wildman–Crippen MR) is 71.7 cm³/mol. The normalized spacial score (nSPS) is 9.05. The summed E-state index contributed by atoms with van der Waals surface area (Å²) in [5, 5.41) is 0. The molecule has 0 amide bonds. The minimum absolute atomic E-state index is 0. The Morgan fingerprint density at radius 2 is 1.00 bits per heavy atom. The summed E-state index contributed by atoms with van der Waals surface area (Å²) in [6.45, 7) is 0. The third-order valence-corrected chi connectivity index (χ3v) is 2.21. The quantitative estimate of drug-likeness (QED) is 0.477. The van der Waals surface area contributed by atoms with E-state index in [1.54, 1.807) is 60.7 Å². The van der Waals surface area contributed by atoms with Crippen molar-refractivity contribution in [3.05, 3.63) is 71.8 Å². The predicted octanol–water partition coefficient (Wildman–Crippen LogP) is 2.46. The van der Waals surface area contributed by atoms with E-state index in [0.29, 0.717) is 11.1 Å². The van der Waals surface area contributed by atoms with Gasteiger partial charge in [-0.25, -0.2) is 19.4 Å². The molecule has 0 aliphatic rings. The summed E-state index contributed by atoms with van der Waals surface area (Å²) in [5.74, 6) is -1.42. The molecule has 19 heavy (non-hydrogen) atoms. The molecule has 94 valence electrons. The molecule has 0 atom stereocenters. The van der Waals surface area contributed by atoms with Gasteiger partial charge in [-0.3, -0.25) is 0 Å². The van der Waals surface area contributed by atoms with Gasteiger partial charge < -0.3 is 2.85 Å². The number of benzene rings is 2. The van der Waals surface area contributed by atoms with Gasteiger partial charge in [-0.05, 0) is 24.3 Å². The first-order chi connectivity index (χ1) is 8.77. The van der Waals surface area contributed by atoms with Crippen LogP contribution in [0.1, 0.15) is 23.6 Å². The van der Waals surface area contributed by atoms with Gasteiger partial charge in [0, 0.05) is 0 Å². The molecule has 0 bridgehead atoms. The molecule has 0 aromatic heterocycles. The van der Waals surface area contributed by atoms with Crippen LogP contribution in [0.15, 0.2) is 60.7 Å². The number of carbonyl (C=O) groups is 2. The fourth-order valence-electron chi connectivity index (χ4n) is 1.32. The van der Waals surface area contributed by atoms with E-state index in [1.807, 2.05) is 0 Å². The summed E-state index contributed by atoms with van der Waals surface area (Å²) in [5.41, 5.74) is 0.636. The van der Waals surface area contributed by atoms with Crippen molar-refractivity contribution in [1.29, 1.82) is 0 Å². The van der Waals surface area contributed by atoms with E-state index in [4.69, 9.17) is 0 Å². The molecule has 0 N–H and O–H groups in total. The van der Waals surface area contributed by atoms with Gasteiger partial charge in [-0.1, -0.05) is 36.4 Å². The Bertz CT molecular complexity index is 498. The molecule has 0 unspecified atom stereocenters. The Labute approximate surface area is 129 Å². The third kappa shape index (κ3) is 4.38. The zero-order valence-corrected chi connectivity index (χ0v) is 11.5. The molecule has 0 aliphatic carbocycles. The van der Waals surface area contributed by atoms with Crippen molar-refractivity contribution in [2.24, 2.45) is 0 Å². The average Bonchev–Trinajstić information content (AvgIpc) is 2.46. The van der Waals surface area contributed by atoms with Gasteiger partial charge in [-0.2, -0.15) is 0 Å². The topological polar surface area (TPSA) is 52.6 Å². The van der Waals surface area contributed by atoms with E-state index in [-0.39, 0.29) is 25.9 Å². The molecule has 0 radical (unpaired) electrons. The Kier molecular flexibility index (Phi) is 6.04. The molecule has 2 aromatic rings. The molecular formula is C14H12MgO4. The van der Waals surface area contributed by atoms with Gasteiger partial charge in [0.25, 0.3) is 0 Å². The molecule has 0 saturated heterocycles. The zero-order valence-electron chi connectivity index (χ0n) is 12.1. The first-order valence-corrected chi connectivity index (χ1v) is 5.30. The SMILES string of the molecule is O=C(OOC(=O)c1ccccc1)c1ccccc1.[H-].[H-].[Mg+2]. The first-order valence-electron chi connectivity index (χ1n) is 5.30. The van der Waals surface area contributed by atoms with Gasteiger partial charge in [0.1, 0.15) is 0 Å². The van der Waals surface area contributed by atoms with E-state index in [2.05, 4.69) is 9.78 Å². The first kappa shape index (κ1) is 15.2. The third-order valence-electron chi connectivity index (χ3n) is 2.21. The molecule has 0 aliphatic heterocycles. The van der Waals surface area contributed by atoms with Crippen molar-refractivity contribution in [3.63, 3.8) is 0 Å². The van der Waals surface area contributed by atoms with Crippen molar-refractivity contribution < 1.29 is 22.2 Å². The Hall–Kier alpha value is -1.85. The van der Waals surface area contributed by atoms with Crippen LogP contribution in [0.25, 0.3) is 0 Å². The van der Waals surface area contributed by atoms with Crippen LogP contribution < -0.4 is 0 Å². The van der Waals surface area contributed by atoms with E-state index in [9.17, 15) is 9.59 Å². The van der Waals surface area contributed by atoms with E-state index >= 15 is 0 Å². The average molecular weight is 269 g/mol. The molecular weight excluding hydrogens is 256 g/mol. The second-order valence-electron chi connectivity index (χ2n) is 3.47. The molecule has 0 saturated carbocycles. The summed E-state index contributed by atoms with van der Waals surface area (Å²) in [7, 11) is 0. The van der Waals surface area contributed by atoms with Gasteiger partial charge in [0.15, 0.2) is 0 Å². The van der Waals surface area contributed by atoms with Gasteiger partial charge in [0.05, 0.1) is 11.1 Å². The summed E-state index contributed by atoms with van der Waals surface area (Å²) >= 11 is 0. The molecule has 0 heterocycles. The van der Waals surface area contributed by atoms with Crippen molar-refractivity contribution in [1.82, 2.24) is 0 Å². The Balaban J connectivity index is 0. The van der Waals surface area contributed by atoms with Crippen molar-refractivity contribution in [2.45, 2.75) is 0 Å². The second-order valence-corrected chi connectivity index (χ2v) is 3.47. The Morgan fingerprint density at radius 3 is 1.32 bits per heavy atom. The second kappa shape index (κ2) is 7.55. The van der Waals surface area contributed by atoms with Crippen LogP contribution in [-0.4, -0.2) is 35.0 Å². The van der Waals surface area contributed by atoms with Crippen LogP contribution in [0.2, 0.25) is 0 Å². The maximum absolute atomic E-state index is 11.5. The van der Waals surface area contributed by atoms with Gasteiger partial charge >= 0.3 is 35.0 Å². The molecule has 0 fully saturated rings. The van der Waals surface area contributed by atoms with E-state index in [0.717, 1.165) is 0 Å². The van der Waals surface area contributed by atoms with Crippen LogP contribution in [0.5, 0.6) is 0 Å². The largest absolute Gasteiger partial charge is 2.00 e. The molecule has 2 rings (SSSR count). The van der Waals surface area contributed by atoms with Crippen LogP contribution >= 0.6 is 0 Å². The summed E-state index contributed by atoms with van der Waals surface area (Å²) < 4.78 is 0. The number of hydrogen-bond donors (Lipinski definition) is 0. The van der Waals surface area contributed by atoms with Gasteiger partial charge in [-0.15, -0.1) is 0 Å². The number of hydrogen-bond acceptors (Lipinski definition) is 4. The standard InChI is InChI=1S/C14H10O4.Mg.2H/c15-13(11-7-3-1-4-8-11)17-18-14(16)12-9-5-2-6-10-12;;;/h1-10H;;;/q;+2;2*-1. The zero-order chi connectivity index (χ0) is 12.8. The molecule has 2 aromatic carbocycles. The maximum Gasteiger partial charge on any atom is 2.00 e. The summed E-state index contributed by atoms with van der Waals surface area (Å²) in [6, 6.07) is 16.6. The molecule has 4 nitrogen and oxygen atoms in total. The van der Waals surface area contributed by atoms with Crippen LogP contribution in [0, 0.1) is 0 Å². The molecule has 0 spiro atoms.